The summed E-state index contributed by atoms with van der Waals surface area (Å²) in [5, 5.41) is 15.1. The van der Waals surface area contributed by atoms with Crippen molar-refractivity contribution in [1.82, 2.24) is 4.98 Å². The molecule has 0 radical (unpaired) electrons. The van der Waals surface area contributed by atoms with Gasteiger partial charge in [-0.1, -0.05) is 38.1 Å². The zero-order valence-corrected chi connectivity index (χ0v) is 15.2. The summed E-state index contributed by atoms with van der Waals surface area (Å²) in [6, 6.07) is 20.3. The van der Waals surface area contributed by atoms with Gasteiger partial charge in [-0.3, -0.25) is 4.79 Å². The Morgan fingerprint density at radius 1 is 1.07 bits per heavy atom. The molecule has 1 aromatic heterocycles. The van der Waals surface area contributed by atoms with Crippen LogP contribution in [0, 0.1) is 11.3 Å². The number of benzene rings is 2. The first kappa shape index (κ1) is 18.2. The van der Waals surface area contributed by atoms with Crippen LogP contribution >= 0.6 is 0 Å². The number of para-hydroxylation sites is 1. The molecular formula is C22H20N4O. The highest BCUT2D eigenvalue weighted by Gasteiger charge is 2.10. The summed E-state index contributed by atoms with van der Waals surface area (Å²) in [5.74, 6) is 0.710. The molecule has 0 aliphatic carbocycles. The molecule has 1 heterocycles. The van der Waals surface area contributed by atoms with E-state index in [1.165, 1.54) is 5.56 Å². The van der Waals surface area contributed by atoms with Gasteiger partial charge < -0.3 is 10.6 Å². The molecule has 0 spiro atoms. The minimum atomic E-state index is -0.257. The van der Waals surface area contributed by atoms with Crippen LogP contribution in [0.5, 0.6) is 0 Å². The second kappa shape index (κ2) is 8.15. The molecule has 0 bridgehead atoms. The van der Waals surface area contributed by atoms with Crippen molar-refractivity contribution in [3.8, 4) is 6.07 Å². The van der Waals surface area contributed by atoms with Crippen LogP contribution in [0.1, 0.15) is 41.3 Å². The number of aromatic nitrogens is 1. The lowest BCUT2D eigenvalue weighted by atomic mass is 10.0. The van der Waals surface area contributed by atoms with Crippen LogP contribution in [0.3, 0.4) is 0 Å². The van der Waals surface area contributed by atoms with E-state index in [9.17, 15) is 4.79 Å². The Morgan fingerprint density at radius 3 is 2.67 bits per heavy atom. The van der Waals surface area contributed by atoms with Crippen molar-refractivity contribution >= 4 is 23.1 Å². The average molecular weight is 356 g/mol. The van der Waals surface area contributed by atoms with E-state index in [4.69, 9.17) is 5.26 Å². The molecule has 134 valence electrons. The smallest absolute Gasteiger partial charge is 0.255 e. The quantitative estimate of drug-likeness (QED) is 0.669. The van der Waals surface area contributed by atoms with Crippen molar-refractivity contribution < 1.29 is 4.79 Å². The predicted octanol–water partition coefficient (Wildman–Crippen LogP) is 5.07. The molecule has 2 aromatic carbocycles. The zero-order valence-electron chi connectivity index (χ0n) is 15.2. The van der Waals surface area contributed by atoms with Gasteiger partial charge in [0.2, 0.25) is 0 Å². The lowest BCUT2D eigenvalue weighted by Crippen LogP contribution is -2.12. The van der Waals surface area contributed by atoms with Gasteiger partial charge in [0.25, 0.3) is 5.91 Å². The molecule has 0 unspecified atom stereocenters. The Morgan fingerprint density at radius 2 is 1.89 bits per heavy atom. The van der Waals surface area contributed by atoms with Crippen LogP contribution in [0.15, 0.2) is 66.9 Å². The highest BCUT2D eigenvalue weighted by atomic mass is 16.1. The number of nitrogens with one attached hydrogen (secondary N) is 2. The lowest BCUT2D eigenvalue weighted by molar-refractivity contribution is 0.102. The van der Waals surface area contributed by atoms with Gasteiger partial charge in [-0.25, -0.2) is 4.98 Å². The van der Waals surface area contributed by atoms with Gasteiger partial charge >= 0.3 is 0 Å². The van der Waals surface area contributed by atoms with Crippen LogP contribution in [0.25, 0.3) is 0 Å². The highest BCUT2D eigenvalue weighted by Crippen LogP contribution is 2.26. The molecule has 2 N–H and O–H groups in total. The second-order valence-corrected chi connectivity index (χ2v) is 6.44. The average Bonchev–Trinajstić information content (AvgIpc) is 2.68. The van der Waals surface area contributed by atoms with Gasteiger partial charge in [-0.15, -0.1) is 0 Å². The number of nitriles is 1. The number of hydrogen-bond acceptors (Lipinski definition) is 4. The molecule has 0 saturated carbocycles. The van der Waals surface area contributed by atoms with E-state index in [2.05, 4.69) is 41.6 Å². The maximum Gasteiger partial charge on any atom is 0.255 e. The van der Waals surface area contributed by atoms with E-state index in [1.54, 1.807) is 42.6 Å². The Labute approximate surface area is 158 Å². The number of nitrogens with zero attached hydrogens (tertiary/aromatic N) is 2. The molecule has 5 heteroatoms. The summed E-state index contributed by atoms with van der Waals surface area (Å²) in [6.45, 7) is 4.26. The number of amides is 1. The fourth-order valence-corrected chi connectivity index (χ4v) is 2.76. The van der Waals surface area contributed by atoms with Gasteiger partial charge in [-0.05, 0) is 47.9 Å². The van der Waals surface area contributed by atoms with Gasteiger partial charge in [0.1, 0.15) is 5.82 Å². The standard InChI is InChI=1S/C22H20N4O/c1-15(2)19-8-3-4-9-20(19)26-21-13-17(10-11-24-21)22(27)25-18-7-5-6-16(12-18)14-23/h3-13,15H,1-2H3,(H,24,26)(H,25,27). The second-order valence-electron chi connectivity index (χ2n) is 6.44. The first-order valence-corrected chi connectivity index (χ1v) is 8.70. The van der Waals surface area contributed by atoms with E-state index in [1.807, 2.05) is 18.2 Å². The Balaban J connectivity index is 1.79. The summed E-state index contributed by atoms with van der Waals surface area (Å²) in [5.41, 5.74) is 3.71. The minimum absolute atomic E-state index is 0.257. The molecule has 0 fully saturated rings. The van der Waals surface area contributed by atoms with Crippen molar-refractivity contribution in [2.45, 2.75) is 19.8 Å². The van der Waals surface area contributed by atoms with Crippen LogP contribution < -0.4 is 10.6 Å². The maximum atomic E-state index is 12.5. The van der Waals surface area contributed by atoms with Gasteiger partial charge in [-0.2, -0.15) is 5.26 Å². The molecule has 0 atom stereocenters. The van der Waals surface area contributed by atoms with Crippen LogP contribution in [0.4, 0.5) is 17.2 Å². The highest BCUT2D eigenvalue weighted by molar-refractivity contribution is 6.04. The summed E-state index contributed by atoms with van der Waals surface area (Å²) in [7, 11) is 0. The number of rotatable bonds is 5. The summed E-state index contributed by atoms with van der Waals surface area (Å²) >= 11 is 0. The first-order valence-electron chi connectivity index (χ1n) is 8.70. The summed E-state index contributed by atoms with van der Waals surface area (Å²) in [4.78, 5) is 16.9. The molecule has 5 nitrogen and oxygen atoms in total. The molecular weight excluding hydrogens is 336 g/mol. The van der Waals surface area contributed by atoms with Crippen LogP contribution in [-0.4, -0.2) is 10.9 Å². The maximum absolute atomic E-state index is 12.5. The number of carbonyl (C=O) groups is 1. The molecule has 0 saturated heterocycles. The zero-order chi connectivity index (χ0) is 19.2. The van der Waals surface area contributed by atoms with Gasteiger partial charge in [0, 0.05) is 23.1 Å². The van der Waals surface area contributed by atoms with Crippen molar-refractivity contribution in [1.29, 1.82) is 5.26 Å². The molecule has 0 aliphatic heterocycles. The van der Waals surface area contributed by atoms with Crippen molar-refractivity contribution in [3.05, 3.63) is 83.6 Å². The van der Waals surface area contributed by atoms with Crippen molar-refractivity contribution in [2.24, 2.45) is 0 Å². The normalized spacial score (nSPS) is 10.3. The SMILES string of the molecule is CC(C)c1ccccc1Nc1cc(C(=O)Nc2cccc(C#N)c2)ccn1. The number of anilines is 3. The molecule has 1 amide bonds. The molecule has 3 aromatic rings. The molecule has 0 aliphatic rings. The third kappa shape index (κ3) is 4.50. The Bertz CT molecular complexity index is 1000. The summed E-state index contributed by atoms with van der Waals surface area (Å²) < 4.78 is 0. The first-order chi connectivity index (χ1) is 13.1. The monoisotopic (exact) mass is 356 g/mol. The van der Waals surface area contributed by atoms with Crippen LogP contribution in [-0.2, 0) is 0 Å². The largest absolute Gasteiger partial charge is 0.340 e. The van der Waals surface area contributed by atoms with Crippen molar-refractivity contribution in [2.75, 3.05) is 10.6 Å². The fourth-order valence-electron chi connectivity index (χ4n) is 2.76. The van der Waals surface area contributed by atoms with Crippen molar-refractivity contribution in [3.63, 3.8) is 0 Å². The van der Waals surface area contributed by atoms with E-state index in [-0.39, 0.29) is 5.91 Å². The molecule has 3 rings (SSSR count). The van der Waals surface area contributed by atoms with Gasteiger partial charge in [0.05, 0.1) is 11.6 Å². The Kier molecular flexibility index (Phi) is 5.48. The number of pyridine rings is 1. The number of hydrogen-bond donors (Lipinski definition) is 2. The predicted molar refractivity (Wildman–Crippen MR) is 107 cm³/mol. The molecule has 27 heavy (non-hydrogen) atoms. The van der Waals surface area contributed by atoms with E-state index in [0.29, 0.717) is 28.6 Å². The third-order valence-corrected chi connectivity index (χ3v) is 4.12. The topological polar surface area (TPSA) is 77.8 Å². The Hall–Kier alpha value is -3.65. The summed E-state index contributed by atoms with van der Waals surface area (Å²) in [6.07, 6.45) is 1.60. The lowest BCUT2D eigenvalue weighted by Gasteiger charge is -2.14. The third-order valence-electron chi connectivity index (χ3n) is 4.12. The fraction of sp³-hybridized carbons (Fsp3) is 0.136. The number of carbonyl (C=O) groups excluding carboxylic acids is 1. The van der Waals surface area contributed by atoms with Crippen LogP contribution in [0.2, 0.25) is 0 Å². The minimum Gasteiger partial charge on any atom is -0.340 e. The van der Waals surface area contributed by atoms with Gasteiger partial charge in [0.15, 0.2) is 0 Å². The van der Waals surface area contributed by atoms with E-state index in [0.717, 1.165) is 5.69 Å². The van der Waals surface area contributed by atoms with E-state index >= 15 is 0 Å². The van der Waals surface area contributed by atoms with E-state index < -0.39 is 0 Å².